The van der Waals surface area contributed by atoms with E-state index in [1.807, 2.05) is 6.92 Å². The van der Waals surface area contributed by atoms with Gasteiger partial charge in [0.25, 0.3) is 0 Å². The number of amides is 2. The minimum absolute atomic E-state index is 0.0525. The Bertz CT molecular complexity index is 574. The Hall–Kier alpha value is -1.59. The molecule has 0 aromatic heterocycles. The monoisotopic (exact) mass is 343 g/mol. The summed E-state index contributed by atoms with van der Waals surface area (Å²) in [5, 5.41) is 7.43. The molecule has 0 fully saturated rings. The Kier molecular flexibility index (Phi) is 7.91. The van der Waals surface area contributed by atoms with Crippen molar-refractivity contribution in [1.29, 1.82) is 0 Å². The van der Waals surface area contributed by atoms with Gasteiger partial charge in [0.15, 0.2) is 0 Å². The van der Waals surface area contributed by atoms with Crippen molar-refractivity contribution in [2.45, 2.75) is 39.5 Å². The summed E-state index contributed by atoms with van der Waals surface area (Å²) in [6.07, 6.45) is 2.24. The molecule has 0 aliphatic carbocycles. The molecule has 0 radical (unpaired) electrons. The van der Waals surface area contributed by atoms with Gasteiger partial charge < -0.3 is 5.32 Å². The highest BCUT2D eigenvalue weighted by Gasteiger charge is 2.08. The van der Waals surface area contributed by atoms with Crippen LogP contribution in [0.4, 0.5) is 5.69 Å². The van der Waals surface area contributed by atoms with Crippen molar-refractivity contribution in [3.8, 4) is 0 Å². The molecule has 1 aromatic carbocycles. The molecule has 0 atom stereocenters. The molecule has 0 saturated heterocycles. The third-order valence-corrected chi connectivity index (χ3v) is 3.31. The molecule has 5 nitrogen and oxygen atoms in total. The van der Waals surface area contributed by atoms with Crippen molar-refractivity contribution in [1.82, 2.24) is 5.43 Å². The largest absolute Gasteiger partial charge is 0.324 e. The Labute approximate surface area is 140 Å². The van der Waals surface area contributed by atoms with Gasteiger partial charge in [-0.25, -0.2) is 5.43 Å². The van der Waals surface area contributed by atoms with E-state index >= 15 is 0 Å². The van der Waals surface area contributed by atoms with Crippen molar-refractivity contribution in [2.75, 3.05) is 5.32 Å². The number of nitrogens with zero attached hydrogens (tertiary/aromatic N) is 1. The first-order valence-electron chi connectivity index (χ1n) is 6.99. The van der Waals surface area contributed by atoms with E-state index < -0.39 is 0 Å². The van der Waals surface area contributed by atoms with E-state index in [1.165, 1.54) is 0 Å². The first kappa shape index (κ1) is 18.5. The van der Waals surface area contributed by atoms with Crippen LogP contribution in [0.25, 0.3) is 0 Å². The van der Waals surface area contributed by atoms with Gasteiger partial charge in [-0.3, -0.25) is 9.59 Å². The van der Waals surface area contributed by atoms with Gasteiger partial charge in [0, 0.05) is 17.2 Å². The molecule has 0 saturated carbocycles. The second kappa shape index (κ2) is 9.43. The number of benzene rings is 1. The summed E-state index contributed by atoms with van der Waals surface area (Å²) in [7, 11) is 0. The molecule has 0 aliphatic heterocycles. The highest BCUT2D eigenvalue weighted by Crippen LogP contribution is 2.25. The lowest BCUT2D eigenvalue weighted by molar-refractivity contribution is -0.121. The molecule has 0 aliphatic rings. The number of hydrogen-bond acceptors (Lipinski definition) is 3. The Morgan fingerprint density at radius 2 is 1.95 bits per heavy atom. The number of anilines is 1. The van der Waals surface area contributed by atoms with Gasteiger partial charge in [-0.15, -0.1) is 0 Å². The standard InChI is InChI=1S/C15H19Cl2N3O2/c1-3-4-5-14(21)20-19-10(2)8-15(22)18-13-9-11(16)6-7-12(13)17/h6-7,9H,3-5,8H2,1-2H3,(H,18,22)(H,20,21)/b19-10-. The summed E-state index contributed by atoms with van der Waals surface area (Å²) in [5.41, 5.74) is 3.37. The lowest BCUT2D eigenvalue weighted by Gasteiger charge is -2.07. The average Bonchev–Trinajstić information content (AvgIpc) is 2.46. The van der Waals surface area contributed by atoms with Crippen LogP contribution in [0.3, 0.4) is 0 Å². The van der Waals surface area contributed by atoms with Crippen LogP contribution in [-0.2, 0) is 9.59 Å². The zero-order valence-electron chi connectivity index (χ0n) is 12.6. The van der Waals surface area contributed by atoms with Gasteiger partial charge in [0.2, 0.25) is 11.8 Å². The maximum absolute atomic E-state index is 11.9. The van der Waals surface area contributed by atoms with Crippen molar-refractivity contribution >= 4 is 46.4 Å². The van der Waals surface area contributed by atoms with E-state index in [4.69, 9.17) is 23.2 Å². The van der Waals surface area contributed by atoms with Gasteiger partial charge in [-0.1, -0.05) is 36.5 Å². The average molecular weight is 344 g/mol. The normalized spacial score (nSPS) is 11.2. The van der Waals surface area contributed by atoms with Gasteiger partial charge in [0.05, 0.1) is 17.1 Å². The maximum Gasteiger partial charge on any atom is 0.240 e. The van der Waals surface area contributed by atoms with Crippen molar-refractivity contribution < 1.29 is 9.59 Å². The number of hydrogen-bond donors (Lipinski definition) is 2. The lowest BCUT2D eigenvalue weighted by atomic mass is 10.2. The van der Waals surface area contributed by atoms with Crippen LogP contribution in [0.5, 0.6) is 0 Å². The van der Waals surface area contributed by atoms with E-state index in [0.717, 1.165) is 12.8 Å². The topological polar surface area (TPSA) is 70.6 Å². The van der Waals surface area contributed by atoms with Crippen LogP contribution in [0.1, 0.15) is 39.5 Å². The Morgan fingerprint density at radius 3 is 2.64 bits per heavy atom. The Morgan fingerprint density at radius 1 is 1.23 bits per heavy atom. The molecular weight excluding hydrogens is 325 g/mol. The number of halogens is 2. The molecule has 22 heavy (non-hydrogen) atoms. The van der Waals surface area contributed by atoms with Gasteiger partial charge in [-0.05, 0) is 31.5 Å². The molecule has 120 valence electrons. The predicted molar refractivity (Wildman–Crippen MR) is 90.5 cm³/mol. The van der Waals surface area contributed by atoms with Crippen LogP contribution in [0, 0.1) is 0 Å². The maximum atomic E-state index is 11.9. The number of unbranched alkanes of at least 4 members (excludes halogenated alkanes) is 1. The molecule has 1 rings (SSSR count). The quantitative estimate of drug-likeness (QED) is 0.580. The second-order valence-electron chi connectivity index (χ2n) is 4.83. The summed E-state index contributed by atoms with van der Waals surface area (Å²) < 4.78 is 0. The highest BCUT2D eigenvalue weighted by molar-refractivity contribution is 6.35. The van der Waals surface area contributed by atoms with Crippen molar-refractivity contribution in [3.63, 3.8) is 0 Å². The fourth-order valence-corrected chi connectivity index (χ4v) is 1.95. The van der Waals surface area contributed by atoms with E-state index in [2.05, 4.69) is 15.8 Å². The number of rotatable bonds is 7. The minimum Gasteiger partial charge on any atom is -0.324 e. The number of nitrogens with one attached hydrogen (secondary N) is 2. The SMILES string of the molecule is CCCCC(=O)N/N=C(/C)CC(=O)Nc1cc(Cl)ccc1Cl. The molecule has 0 heterocycles. The Balaban J connectivity index is 2.50. The number of carbonyl (C=O) groups is 2. The lowest BCUT2D eigenvalue weighted by Crippen LogP contribution is -2.21. The van der Waals surface area contributed by atoms with E-state index in [0.29, 0.717) is 27.9 Å². The van der Waals surface area contributed by atoms with Crippen LogP contribution in [-0.4, -0.2) is 17.5 Å². The van der Waals surface area contributed by atoms with Gasteiger partial charge in [0.1, 0.15) is 0 Å². The first-order chi connectivity index (χ1) is 10.4. The molecule has 2 N–H and O–H groups in total. The number of hydrazone groups is 1. The van der Waals surface area contributed by atoms with Crippen molar-refractivity contribution in [3.05, 3.63) is 28.2 Å². The minimum atomic E-state index is -0.284. The summed E-state index contributed by atoms with van der Waals surface area (Å²) in [6.45, 7) is 3.67. The highest BCUT2D eigenvalue weighted by atomic mass is 35.5. The fraction of sp³-hybridized carbons (Fsp3) is 0.400. The zero-order chi connectivity index (χ0) is 16.5. The second-order valence-corrected chi connectivity index (χ2v) is 5.68. The fourth-order valence-electron chi connectivity index (χ4n) is 1.61. The summed E-state index contributed by atoms with van der Waals surface area (Å²) in [6, 6.07) is 4.81. The summed E-state index contributed by atoms with van der Waals surface area (Å²) in [5.74, 6) is -0.437. The van der Waals surface area contributed by atoms with Crippen LogP contribution < -0.4 is 10.7 Å². The predicted octanol–water partition coefficient (Wildman–Crippen LogP) is 4.00. The molecular formula is C15H19Cl2N3O2. The molecule has 0 spiro atoms. The summed E-state index contributed by atoms with van der Waals surface area (Å²) >= 11 is 11.8. The molecule has 0 unspecified atom stereocenters. The van der Waals surface area contributed by atoms with Crippen LogP contribution in [0.15, 0.2) is 23.3 Å². The smallest absolute Gasteiger partial charge is 0.240 e. The molecule has 1 aromatic rings. The molecule has 2 amide bonds. The first-order valence-corrected chi connectivity index (χ1v) is 7.75. The number of carbonyl (C=O) groups excluding carboxylic acids is 2. The zero-order valence-corrected chi connectivity index (χ0v) is 14.1. The van der Waals surface area contributed by atoms with Gasteiger partial charge >= 0.3 is 0 Å². The van der Waals surface area contributed by atoms with Crippen LogP contribution >= 0.6 is 23.2 Å². The molecule has 7 heteroatoms. The molecule has 0 bridgehead atoms. The van der Waals surface area contributed by atoms with Gasteiger partial charge in [-0.2, -0.15) is 5.10 Å². The van der Waals surface area contributed by atoms with E-state index in [-0.39, 0.29) is 18.2 Å². The third-order valence-electron chi connectivity index (χ3n) is 2.75. The third kappa shape index (κ3) is 6.91. The summed E-state index contributed by atoms with van der Waals surface area (Å²) in [4.78, 5) is 23.3. The van der Waals surface area contributed by atoms with Crippen molar-refractivity contribution in [2.24, 2.45) is 5.10 Å². The van der Waals surface area contributed by atoms with E-state index in [1.54, 1.807) is 25.1 Å². The van der Waals surface area contributed by atoms with Crippen LogP contribution in [0.2, 0.25) is 10.0 Å². The van der Waals surface area contributed by atoms with E-state index in [9.17, 15) is 9.59 Å².